The van der Waals surface area contributed by atoms with Gasteiger partial charge in [-0.25, -0.2) is 4.98 Å². The number of aliphatic hydroxyl groups is 1. The second-order valence-corrected chi connectivity index (χ2v) is 5.64. The number of nitrogens with zero attached hydrogens (tertiary/aromatic N) is 2. The zero-order valence-corrected chi connectivity index (χ0v) is 11.1. The lowest BCUT2D eigenvalue weighted by atomic mass is 10.2. The highest BCUT2D eigenvalue weighted by Gasteiger charge is 2.10. The molecule has 17 heavy (non-hydrogen) atoms. The molecule has 0 aliphatic carbocycles. The fourth-order valence-corrected chi connectivity index (χ4v) is 2.76. The highest BCUT2D eigenvalue weighted by molar-refractivity contribution is 7.18. The summed E-state index contributed by atoms with van der Waals surface area (Å²) in [6.45, 7) is 0.909. The van der Waals surface area contributed by atoms with Gasteiger partial charge in [-0.1, -0.05) is 12.1 Å². The molecule has 0 saturated heterocycles. The molecule has 1 heterocycles. The summed E-state index contributed by atoms with van der Waals surface area (Å²) in [4.78, 5) is 6.61. The fraction of sp³-hybridized carbons (Fsp3) is 0.462. The van der Waals surface area contributed by atoms with Gasteiger partial charge in [0.05, 0.1) is 21.3 Å². The first-order chi connectivity index (χ1) is 8.15. The predicted molar refractivity (Wildman–Crippen MR) is 72.5 cm³/mol. The minimum absolute atomic E-state index is 0.294. The van der Waals surface area contributed by atoms with E-state index in [9.17, 15) is 5.11 Å². The van der Waals surface area contributed by atoms with E-state index in [1.54, 1.807) is 11.3 Å². The molecule has 92 valence electrons. The predicted octanol–water partition coefficient (Wildman–Crippen LogP) is 2.15. The maximum atomic E-state index is 9.92. The average molecular weight is 250 g/mol. The van der Waals surface area contributed by atoms with Crippen LogP contribution in [-0.2, 0) is 6.42 Å². The Bertz CT molecular complexity index is 448. The smallest absolute Gasteiger partial charge is 0.0964 e. The molecule has 1 aromatic heterocycles. The van der Waals surface area contributed by atoms with Crippen molar-refractivity contribution in [2.45, 2.75) is 18.9 Å². The summed E-state index contributed by atoms with van der Waals surface area (Å²) in [6.07, 6.45) is 1.16. The van der Waals surface area contributed by atoms with Crippen LogP contribution in [0.4, 0.5) is 0 Å². The quantitative estimate of drug-likeness (QED) is 0.883. The summed E-state index contributed by atoms with van der Waals surface area (Å²) >= 11 is 1.68. The fourth-order valence-electron chi connectivity index (χ4n) is 1.72. The van der Waals surface area contributed by atoms with Gasteiger partial charge in [-0.15, -0.1) is 11.3 Å². The van der Waals surface area contributed by atoms with Gasteiger partial charge in [0.25, 0.3) is 0 Å². The van der Waals surface area contributed by atoms with Gasteiger partial charge >= 0.3 is 0 Å². The highest BCUT2D eigenvalue weighted by atomic mass is 32.1. The minimum Gasteiger partial charge on any atom is -0.393 e. The maximum Gasteiger partial charge on any atom is 0.0964 e. The number of aromatic nitrogens is 1. The molecule has 0 bridgehead atoms. The Balaban J connectivity index is 1.98. The number of benzene rings is 1. The van der Waals surface area contributed by atoms with Crippen LogP contribution in [-0.4, -0.2) is 41.7 Å². The SMILES string of the molecule is CN(C)CCC(O)Cc1nc2ccccc2s1. The second-order valence-electron chi connectivity index (χ2n) is 4.53. The lowest BCUT2D eigenvalue weighted by Crippen LogP contribution is -2.20. The van der Waals surface area contributed by atoms with Crippen LogP contribution in [0, 0.1) is 0 Å². The van der Waals surface area contributed by atoms with E-state index >= 15 is 0 Å². The van der Waals surface area contributed by atoms with Crippen LogP contribution < -0.4 is 0 Å². The molecule has 0 spiro atoms. The van der Waals surface area contributed by atoms with E-state index in [1.807, 2.05) is 32.3 Å². The first kappa shape index (κ1) is 12.5. The molecule has 2 rings (SSSR count). The molecule has 0 radical (unpaired) electrons. The number of rotatable bonds is 5. The Morgan fingerprint density at radius 1 is 1.35 bits per heavy atom. The van der Waals surface area contributed by atoms with E-state index in [-0.39, 0.29) is 6.10 Å². The maximum absolute atomic E-state index is 9.92. The topological polar surface area (TPSA) is 36.4 Å². The van der Waals surface area contributed by atoms with E-state index in [1.165, 1.54) is 4.70 Å². The van der Waals surface area contributed by atoms with Crippen molar-refractivity contribution >= 4 is 21.6 Å². The number of para-hydroxylation sites is 1. The monoisotopic (exact) mass is 250 g/mol. The summed E-state index contributed by atoms with van der Waals surface area (Å²) in [5, 5.41) is 10.9. The molecular weight excluding hydrogens is 232 g/mol. The van der Waals surface area contributed by atoms with Gasteiger partial charge in [0, 0.05) is 6.42 Å². The Labute approximate surface area is 106 Å². The summed E-state index contributed by atoms with van der Waals surface area (Å²) in [5.74, 6) is 0. The van der Waals surface area contributed by atoms with Crippen molar-refractivity contribution in [1.82, 2.24) is 9.88 Å². The van der Waals surface area contributed by atoms with Crippen molar-refractivity contribution in [3.63, 3.8) is 0 Å². The third-order valence-electron chi connectivity index (χ3n) is 2.66. The second kappa shape index (κ2) is 5.58. The van der Waals surface area contributed by atoms with Crippen molar-refractivity contribution in [1.29, 1.82) is 0 Å². The molecule has 2 aromatic rings. The van der Waals surface area contributed by atoms with E-state index in [4.69, 9.17) is 0 Å². The molecule has 0 saturated carbocycles. The number of aliphatic hydroxyl groups excluding tert-OH is 1. The standard InChI is InChI=1S/C13H18N2OS/c1-15(2)8-7-10(16)9-13-14-11-5-3-4-6-12(11)17-13/h3-6,10,16H,7-9H2,1-2H3. The Morgan fingerprint density at radius 3 is 2.82 bits per heavy atom. The Morgan fingerprint density at radius 2 is 2.12 bits per heavy atom. The largest absolute Gasteiger partial charge is 0.393 e. The van der Waals surface area contributed by atoms with Crippen LogP contribution in [0.5, 0.6) is 0 Å². The normalized spacial score (nSPS) is 13.4. The minimum atomic E-state index is -0.294. The highest BCUT2D eigenvalue weighted by Crippen LogP contribution is 2.22. The first-order valence-corrected chi connectivity index (χ1v) is 6.64. The van der Waals surface area contributed by atoms with Crippen molar-refractivity contribution < 1.29 is 5.11 Å². The summed E-state index contributed by atoms with van der Waals surface area (Å²) in [5.41, 5.74) is 1.03. The third-order valence-corrected chi connectivity index (χ3v) is 3.72. The van der Waals surface area contributed by atoms with E-state index in [0.717, 1.165) is 23.5 Å². The van der Waals surface area contributed by atoms with E-state index in [0.29, 0.717) is 6.42 Å². The van der Waals surface area contributed by atoms with Gasteiger partial charge in [0.1, 0.15) is 0 Å². The van der Waals surface area contributed by atoms with Crippen LogP contribution in [0.3, 0.4) is 0 Å². The molecule has 1 aromatic carbocycles. The summed E-state index contributed by atoms with van der Waals surface area (Å²) < 4.78 is 1.20. The molecule has 3 nitrogen and oxygen atoms in total. The molecule has 1 atom stereocenters. The van der Waals surface area contributed by atoms with Crippen molar-refractivity contribution in [3.8, 4) is 0 Å². The van der Waals surface area contributed by atoms with Crippen molar-refractivity contribution in [2.75, 3.05) is 20.6 Å². The van der Waals surface area contributed by atoms with Gasteiger partial charge in [-0.3, -0.25) is 0 Å². The van der Waals surface area contributed by atoms with Gasteiger partial charge in [0.15, 0.2) is 0 Å². The van der Waals surface area contributed by atoms with Gasteiger partial charge in [-0.05, 0) is 39.2 Å². The molecule has 0 amide bonds. The molecule has 4 heteroatoms. The van der Waals surface area contributed by atoms with Crippen LogP contribution in [0.1, 0.15) is 11.4 Å². The zero-order valence-electron chi connectivity index (χ0n) is 10.3. The lowest BCUT2D eigenvalue weighted by Gasteiger charge is -2.12. The number of thiazole rings is 1. The zero-order chi connectivity index (χ0) is 12.3. The van der Waals surface area contributed by atoms with Crippen LogP contribution in [0.2, 0.25) is 0 Å². The van der Waals surface area contributed by atoms with Crippen LogP contribution in [0.15, 0.2) is 24.3 Å². The first-order valence-electron chi connectivity index (χ1n) is 5.82. The van der Waals surface area contributed by atoms with Gasteiger partial charge < -0.3 is 10.0 Å². The molecule has 1 unspecified atom stereocenters. The Kier molecular flexibility index (Phi) is 4.10. The number of hydrogen-bond acceptors (Lipinski definition) is 4. The molecule has 0 aliphatic rings. The van der Waals surface area contributed by atoms with Gasteiger partial charge in [-0.2, -0.15) is 0 Å². The lowest BCUT2D eigenvalue weighted by molar-refractivity contribution is 0.152. The van der Waals surface area contributed by atoms with Crippen molar-refractivity contribution in [3.05, 3.63) is 29.3 Å². The number of hydrogen-bond donors (Lipinski definition) is 1. The van der Waals surface area contributed by atoms with E-state index in [2.05, 4.69) is 16.0 Å². The van der Waals surface area contributed by atoms with Crippen LogP contribution >= 0.6 is 11.3 Å². The van der Waals surface area contributed by atoms with Crippen molar-refractivity contribution in [2.24, 2.45) is 0 Å². The van der Waals surface area contributed by atoms with E-state index < -0.39 is 0 Å². The van der Waals surface area contributed by atoms with Crippen LogP contribution in [0.25, 0.3) is 10.2 Å². The average Bonchev–Trinajstić information content (AvgIpc) is 2.68. The molecular formula is C13H18N2OS. The molecule has 0 aliphatic heterocycles. The third kappa shape index (κ3) is 3.49. The number of fused-ring (bicyclic) bond motifs is 1. The van der Waals surface area contributed by atoms with Gasteiger partial charge in [0.2, 0.25) is 0 Å². The molecule has 1 N–H and O–H groups in total. The summed E-state index contributed by atoms with van der Waals surface area (Å²) in [7, 11) is 4.04. The Hall–Kier alpha value is -0.970. The molecule has 0 fully saturated rings. The summed E-state index contributed by atoms with van der Waals surface area (Å²) in [6, 6.07) is 8.10.